The van der Waals surface area contributed by atoms with Crippen molar-refractivity contribution in [3.63, 3.8) is 0 Å². The monoisotopic (exact) mass is 304 g/mol. The molecule has 0 saturated carbocycles. The topological polar surface area (TPSA) is 70.5 Å². The summed E-state index contributed by atoms with van der Waals surface area (Å²) in [6.07, 6.45) is 0. The van der Waals surface area contributed by atoms with E-state index in [0.717, 1.165) is 5.01 Å². The molecule has 0 saturated heterocycles. The third-order valence-corrected chi connectivity index (χ3v) is 3.99. The van der Waals surface area contributed by atoms with E-state index in [1.165, 1.54) is 16.2 Å². The highest BCUT2D eigenvalue weighted by Gasteiger charge is 2.23. The van der Waals surface area contributed by atoms with Crippen LogP contribution >= 0.6 is 11.3 Å². The first-order valence-electron chi connectivity index (χ1n) is 6.53. The Labute approximate surface area is 126 Å². The van der Waals surface area contributed by atoms with Crippen LogP contribution in [0.25, 0.3) is 0 Å². The predicted octanol–water partition coefficient (Wildman–Crippen LogP) is 3.00. The van der Waals surface area contributed by atoms with Crippen molar-refractivity contribution in [1.82, 2.24) is 4.98 Å². The number of carbonyl (C=O) groups is 2. The Bertz CT molecular complexity index is 637. The van der Waals surface area contributed by atoms with Gasteiger partial charge in [-0.1, -0.05) is 32.0 Å². The summed E-state index contributed by atoms with van der Waals surface area (Å²) in [5.74, 6) is -1.22. The van der Waals surface area contributed by atoms with Gasteiger partial charge < -0.3 is 5.11 Å². The van der Waals surface area contributed by atoms with E-state index in [0.29, 0.717) is 5.69 Å². The third-order valence-electron chi connectivity index (χ3n) is 2.84. The Balaban J connectivity index is 2.31. The smallest absolute Gasteiger partial charge is 0.323 e. The number of aromatic nitrogens is 1. The first-order valence-corrected chi connectivity index (χ1v) is 7.41. The molecule has 5 nitrogen and oxygen atoms in total. The third kappa shape index (κ3) is 3.66. The van der Waals surface area contributed by atoms with Crippen LogP contribution in [0.5, 0.6) is 0 Å². The number of para-hydroxylation sites is 1. The van der Waals surface area contributed by atoms with Crippen LogP contribution in [-0.2, 0) is 4.79 Å². The second kappa shape index (κ2) is 6.49. The van der Waals surface area contributed by atoms with Gasteiger partial charge in [0.2, 0.25) is 0 Å². The summed E-state index contributed by atoms with van der Waals surface area (Å²) in [6, 6.07) is 8.75. The maximum atomic E-state index is 12.5. The van der Waals surface area contributed by atoms with E-state index in [1.54, 1.807) is 29.6 Å². The molecule has 21 heavy (non-hydrogen) atoms. The first-order chi connectivity index (χ1) is 9.99. The normalized spacial score (nSPS) is 10.6. The van der Waals surface area contributed by atoms with Crippen LogP contribution in [0.2, 0.25) is 0 Å². The lowest BCUT2D eigenvalue weighted by Crippen LogP contribution is -2.35. The zero-order valence-corrected chi connectivity index (χ0v) is 12.6. The van der Waals surface area contributed by atoms with Gasteiger partial charge in [-0.25, -0.2) is 4.98 Å². The minimum Gasteiger partial charge on any atom is -0.480 e. The molecule has 1 amide bonds. The first kappa shape index (κ1) is 15.2. The maximum Gasteiger partial charge on any atom is 0.323 e. The molecule has 1 aromatic heterocycles. The van der Waals surface area contributed by atoms with E-state index in [2.05, 4.69) is 4.98 Å². The Hall–Kier alpha value is -2.21. The fourth-order valence-electron chi connectivity index (χ4n) is 1.81. The molecule has 0 fully saturated rings. The van der Waals surface area contributed by atoms with Crippen LogP contribution in [-0.4, -0.2) is 28.5 Å². The summed E-state index contributed by atoms with van der Waals surface area (Å²) in [5.41, 5.74) is 0.831. The van der Waals surface area contributed by atoms with Crippen LogP contribution in [0.1, 0.15) is 35.3 Å². The lowest BCUT2D eigenvalue weighted by molar-refractivity contribution is -0.135. The molecule has 1 aromatic carbocycles. The maximum absolute atomic E-state index is 12.5. The average molecular weight is 304 g/mol. The van der Waals surface area contributed by atoms with E-state index in [1.807, 2.05) is 19.9 Å². The number of aliphatic carboxylic acids is 1. The van der Waals surface area contributed by atoms with Crippen LogP contribution in [0.3, 0.4) is 0 Å². The van der Waals surface area contributed by atoms with Gasteiger partial charge in [-0.15, -0.1) is 11.3 Å². The van der Waals surface area contributed by atoms with E-state index < -0.39 is 18.4 Å². The van der Waals surface area contributed by atoms with Crippen molar-refractivity contribution in [2.24, 2.45) is 0 Å². The highest BCUT2D eigenvalue weighted by atomic mass is 32.1. The molecule has 0 aliphatic heterocycles. The number of hydrogen-bond acceptors (Lipinski definition) is 4. The fourth-order valence-corrected chi connectivity index (χ4v) is 2.62. The summed E-state index contributed by atoms with van der Waals surface area (Å²) in [5, 5.41) is 11.6. The number of carboxylic acid groups (broad SMARTS) is 1. The number of rotatable bonds is 5. The quantitative estimate of drug-likeness (QED) is 0.922. The van der Waals surface area contributed by atoms with Gasteiger partial charge in [0.25, 0.3) is 5.91 Å². The molecule has 0 aliphatic rings. The van der Waals surface area contributed by atoms with Gasteiger partial charge in [-0.2, -0.15) is 0 Å². The van der Waals surface area contributed by atoms with Crippen molar-refractivity contribution in [3.8, 4) is 0 Å². The van der Waals surface area contributed by atoms with Crippen molar-refractivity contribution in [1.29, 1.82) is 0 Å². The van der Waals surface area contributed by atoms with Crippen molar-refractivity contribution in [3.05, 3.63) is 46.4 Å². The van der Waals surface area contributed by atoms with Gasteiger partial charge in [-0.05, 0) is 12.1 Å². The standard InChI is InChI=1S/C15H16N2O3S/c1-10(2)14-16-12(9-21-14)15(20)17(8-13(18)19)11-6-4-3-5-7-11/h3-7,9-10H,8H2,1-2H3,(H,18,19). The summed E-state index contributed by atoms with van der Waals surface area (Å²) in [6.45, 7) is 3.61. The Morgan fingerprint density at radius 1 is 1.29 bits per heavy atom. The van der Waals surface area contributed by atoms with Crippen LogP contribution in [0.15, 0.2) is 35.7 Å². The SMILES string of the molecule is CC(C)c1nc(C(=O)N(CC(=O)O)c2ccccc2)cs1. The molecule has 0 radical (unpaired) electrons. The molecule has 0 spiro atoms. The second-order valence-corrected chi connectivity index (χ2v) is 5.74. The van der Waals surface area contributed by atoms with Gasteiger partial charge in [0.1, 0.15) is 12.2 Å². The lowest BCUT2D eigenvalue weighted by Gasteiger charge is -2.19. The summed E-state index contributed by atoms with van der Waals surface area (Å²) in [4.78, 5) is 29.1. The summed E-state index contributed by atoms with van der Waals surface area (Å²) in [7, 11) is 0. The number of amides is 1. The number of nitrogens with zero attached hydrogens (tertiary/aromatic N) is 2. The van der Waals surface area contributed by atoms with Crippen LogP contribution in [0, 0.1) is 0 Å². The number of thiazole rings is 1. The summed E-state index contributed by atoms with van der Waals surface area (Å²) < 4.78 is 0. The van der Waals surface area contributed by atoms with E-state index in [-0.39, 0.29) is 11.6 Å². The average Bonchev–Trinajstić information content (AvgIpc) is 2.95. The molecular formula is C15H16N2O3S. The highest BCUT2D eigenvalue weighted by molar-refractivity contribution is 7.09. The minimum absolute atomic E-state index is 0.237. The molecule has 0 atom stereocenters. The molecule has 2 aromatic rings. The Morgan fingerprint density at radius 2 is 1.95 bits per heavy atom. The number of benzene rings is 1. The van der Waals surface area contributed by atoms with Crippen molar-refractivity contribution >= 4 is 28.9 Å². The number of carboxylic acids is 1. The number of anilines is 1. The minimum atomic E-state index is -1.06. The Morgan fingerprint density at radius 3 is 2.48 bits per heavy atom. The molecule has 1 heterocycles. The van der Waals surface area contributed by atoms with Crippen LogP contribution in [0.4, 0.5) is 5.69 Å². The van der Waals surface area contributed by atoms with Gasteiger partial charge >= 0.3 is 5.97 Å². The zero-order chi connectivity index (χ0) is 15.4. The van der Waals surface area contributed by atoms with Crippen molar-refractivity contribution in [2.45, 2.75) is 19.8 Å². The fraction of sp³-hybridized carbons (Fsp3) is 0.267. The molecule has 110 valence electrons. The predicted molar refractivity (Wildman–Crippen MR) is 82.0 cm³/mol. The van der Waals surface area contributed by atoms with Gasteiger partial charge in [-0.3, -0.25) is 14.5 Å². The molecule has 0 bridgehead atoms. The number of hydrogen-bond donors (Lipinski definition) is 1. The van der Waals surface area contributed by atoms with Gasteiger partial charge in [0.05, 0.1) is 5.01 Å². The molecule has 1 N–H and O–H groups in total. The van der Waals surface area contributed by atoms with Gasteiger partial charge in [0.15, 0.2) is 0 Å². The molecule has 0 unspecified atom stereocenters. The molecule has 2 rings (SSSR count). The zero-order valence-electron chi connectivity index (χ0n) is 11.8. The highest BCUT2D eigenvalue weighted by Crippen LogP contribution is 2.22. The Kier molecular flexibility index (Phi) is 4.70. The van der Waals surface area contributed by atoms with E-state index >= 15 is 0 Å². The molecule has 0 aliphatic carbocycles. The van der Waals surface area contributed by atoms with Gasteiger partial charge in [0, 0.05) is 17.0 Å². The number of carbonyl (C=O) groups excluding carboxylic acids is 1. The largest absolute Gasteiger partial charge is 0.480 e. The van der Waals surface area contributed by atoms with E-state index in [4.69, 9.17) is 5.11 Å². The second-order valence-electron chi connectivity index (χ2n) is 4.85. The van der Waals surface area contributed by atoms with Crippen LogP contribution < -0.4 is 4.90 Å². The lowest BCUT2D eigenvalue weighted by atomic mass is 10.2. The van der Waals surface area contributed by atoms with Crippen molar-refractivity contribution in [2.75, 3.05) is 11.4 Å². The van der Waals surface area contributed by atoms with Crippen molar-refractivity contribution < 1.29 is 14.7 Å². The molecular weight excluding hydrogens is 288 g/mol. The summed E-state index contributed by atoms with van der Waals surface area (Å²) >= 11 is 1.41. The van der Waals surface area contributed by atoms with E-state index in [9.17, 15) is 9.59 Å². The molecule has 6 heteroatoms.